The highest BCUT2D eigenvalue weighted by Gasteiger charge is 2.18. The van der Waals surface area contributed by atoms with Gasteiger partial charge in [0.25, 0.3) is 5.56 Å². The quantitative estimate of drug-likeness (QED) is 0.916. The zero-order valence-electron chi connectivity index (χ0n) is 10.2. The lowest BCUT2D eigenvalue weighted by atomic mass is 10.2. The van der Waals surface area contributed by atoms with Crippen LogP contribution in [0.15, 0.2) is 23.0 Å². The molecule has 2 heterocycles. The number of H-pyrrole nitrogens is 1. The predicted molar refractivity (Wildman–Crippen MR) is 71.8 cm³/mol. The molecule has 0 aliphatic carbocycles. The van der Waals surface area contributed by atoms with Crippen LogP contribution in [0.25, 0.3) is 11.4 Å². The number of methoxy groups -OCH3 is 1. The van der Waals surface area contributed by atoms with Gasteiger partial charge in [-0.2, -0.15) is 11.8 Å². The van der Waals surface area contributed by atoms with Crippen LogP contribution in [0, 0.1) is 5.82 Å². The summed E-state index contributed by atoms with van der Waals surface area (Å²) in [5.41, 5.74) is 1.92. The van der Waals surface area contributed by atoms with Crippen LogP contribution in [0.5, 0.6) is 5.75 Å². The average Bonchev–Trinajstić information content (AvgIpc) is 2.87. The molecule has 1 aromatic carbocycles. The molecule has 6 heteroatoms. The number of thioether (sulfide) groups is 1. The fraction of sp³-hybridized carbons (Fsp3) is 0.231. The second-order valence-electron chi connectivity index (χ2n) is 4.18. The van der Waals surface area contributed by atoms with Crippen LogP contribution in [-0.4, -0.2) is 17.1 Å². The van der Waals surface area contributed by atoms with Crippen LogP contribution < -0.4 is 10.3 Å². The number of aromatic nitrogens is 2. The van der Waals surface area contributed by atoms with Gasteiger partial charge in [-0.25, -0.2) is 9.37 Å². The molecule has 4 nitrogen and oxygen atoms in total. The van der Waals surface area contributed by atoms with Gasteiger partial charge in [0.15, 0.2) is 11.6 Å². The van der Waals surface area contributed by atoms with Crippen molar-refractivity contribution in [2.75, 3.05) is 7.11 Å². The Morgan fingerprint density at radius 2 is 2.26 bits per heavy atom. The summed E-state index contributed by atoms with van der Waals surface area (Å²) in [7, 11) is 1.41. The first-order valence-electron chi connectivity index (χ1n) is 5.73. The van der Waals surface area contributed by atoms with Gasteiger partial charge in [-0.15, -0.1) is 0 Å². The van der Waals surface area contributed by atoms with Gasteiger partial charge in [0.2, 0.25) is 0 Å². The second kappa shape index (κ2) is 4.70. The molecule has 0 radical (unpaired) electrons. The smallest absolute Gasteiger partial charge is 0.255 e. The van der Waals surface area contributed by atoms with Crippen LogP contribution >= 0.6 is 11.8 Å². The Bertz CT molecular complexity index is 700. The maximum atomic E-state index is 13.7. The van der Waals surface area contributed by atoms with E-state index in [0.29, 0.717) is 17.1 Å². The lowest BCUT2D eigenvalue weighted by Gasteiger charge is -2.06. The molecule has 19 heavy (non-hydrogen) atoms. The fourth-order valence-corrected chi connectivity index (χ4v) is 3.05. The van der Waals surface area contributed by atoms with E-state index in [1.165, 1.54) is 19.2 Å². The summed E-state index contributed by atoms with van der Waals surface area (Å²) in [6.45, 7) is 0. The third-order valence-corrected chi connectivity index (χ3v) is 3.98. The molecule has 0 saturated carbocycles. The average molecular weight is 278 g/mol. The monoisotopic (exact) mass is 278 g/mol. The molecule has 0 amide bonds. The highest BCUT2D eigenvalue weighted by molar-refractivity contribution is 7.98. The molecule has 1 aromatic heterocycles. The largest absolute Gasteiger partial charge is 0.494 e. The van der Waals surface area contributed by atoms with Crippen molar-refractivity contribution in [1.29, 1.82) is 0 Å². The minimum absolute atomic E-state index is 0.138. The molecule has 0 bridgehead atoms. The van der Waals surface area contributed by atoms with Crippen molar-refractivity contribution in [2.45, 2.75) is 11.5 Å². The topological polar surface area (TPSA) is 55.0 Å². The van der Waals surface area contributed by atoms with Crippen molar-refractivity contribution >= 4 is 11.8 Å². The summed E-state index contributed by atoms with van der Waals surface area (Å²) in [5.74, 6) is 1.51. The first kappa shape index (κ1) is 12.2. The van der Waals surface area contributed by atoms with Gasteiger partial charge in [-0.1, -0.05) is 0 Å². The van der Waals surface area contributed by atoms with Gasteiger partial charge >= 0.3 is 0 Å². The molecule has 1 aliphatic heterocycles. The molecule has 0 unspecified atom stereocenters. The molecular weight excluding hydrogens is 267 g/mol. The molecular formula is C13H11FN2O2S. The third kappa shape index (κ3) is 2.12. The van der Waals surface area contributed by atoms with E-state index in [0.717, 1.165) is 17.0 Å². The summed E-state index contributed by atoms with van der Waals surface area (Å²) in [6.07, 6.45) is 0. The number of benzene rings is 1. The molecule has 0 fully saturated rings. The van der Waals surface area contributed by atoms with Crippen LogP contribution in [0.3, 0.4) is 0 Å². The summed E-state index contributed by atoms with van der Waals surface area (Å²) >= 11 is 1.65. The maximum Gasteiger partial charge on any atom is 0.255 e. The van der Waals surface area contributed by atoms with Crippen molar-refractivity contribution in [2.24, 2.45) is 0 Å². The van der Waals surface area contributed by atoms with Gasteiger partial charge in [0, 0.05) is 22.6 Å². The van der Waals surface area contributed by atoms with E-state index in [9.17, 15) is 9.18 Å². The Morgan fingerprint density at radius 3 is 3.00 bits per heavy atom. The number of aromatic amines is 1. The van der Waals surface area contributed by atoms with E-state index < -0.39 is 5.82 Å². The van der Waals surface area contributed by atoms with E-state index in [-0.39, 0.29) is 11.3 Å². The van der Waals surface area contributed by atoms with Crippen LogP contribution in [-0.2, 0) is 11.5 Å². The fourth-order valence-electron chi connectivity index (χ4n) is 2.01. The Kier molecular flexibility index (Phi) is 3.02. The second-order valence-corrected chi connectivity index (χ2v) is 5.17. The third-order valence-electron chi connectivity index (χ3n) is 3.01. The first-order valence-corrected chi connectivity index (χ1v) is 6.88. The van der Waals surface area contributed by atoms with Crippen molar-refractivity contribution in [1.82, 2.24) is 9.97 Å². The predicted octanol–water partition coefficient (Wildman–Crippen LogP) is 2.33. The highest BCUT2D eigenvalue weighted by Crippen LogP contribution is 2.28. The van der Waals surface area contributed by atoms with Crippen molar-refractivity contribution in [3.8, 4) is 17.1 Å². The van der Waals surface area contributed by atoms with Gasteiger partial charge in [-0.05, 0) is 18.2 Å². The molecule has 3 rings (SSSR count). The first-order chi connectivity index (χ1) is 9.19. The normalized spacial score (nSPS) is 13.4. The number of nitrogens with zero attached hydrogens (tertiary/aromatic N) is 1. The zero-order valence-corrected chi connectivity index (χ0v) is 11.0. The molecule has 0 atom stereocenters. The minimum atomic E-state index is -0.475. The summed E-state index contributed by atoms with van der Waals surface area (Å²) in [4.78, 5) is 19.0. The van der Waals surface area contributed by atoms with Crippen molar-refractivity contribution < 1.29 is 9.13 Å². The highest BCUT2D eigenvalue weighted by atomic mass is 32.2. The molecule has 2 aromatic rings. The van der Waals surface area contributed by atoms with Crippen molar-refractivity contribution in [3.05, 3.63) is 45.6 Å². The molecule has 1 N–H and O–H groups in total. The molecule has 0 spiro atoms. The van der Waals surface area contributed by atoms with E-state index in [1.54, 1.807) is 17.8 Å². The number of hydrogen-bond donors (Lipinski definition) is 1. The number of halogens is 1. The van der Waals surface area contributed by atoms with E-state index in [1.807, 2.05) is 0 Å². The van der Waals surface area contributed by atoms with Crippen LogP contribution in [0.2, 0.25) is 0 Å². The van der Waals surface area contributed by atoms with E-state index in [2.05, 4.69) is 9.97 Å². The lowest BCUT2D eigenvalue weighted by molar-refractivity contribution is 0.386. The number of hydrogen-bond acceptors (Lipinski definition) is 4. The number of rotatable bonds is 2. The van der Waals surface area contributed by atoms with Crippen molar-refractivity contribution in [3.63, 3.8) is 0 Å². The Hall–Kier alpha value is -1.82. The summed E-state index contributed by atoms with van der Waals surface area (Å²) in [5, 5.41) is 0. The number of nitrogens with one attached hydrogen (secondary N) is 1. The summed E-state index contributed by atoms with van der Waals surface area (Å²) < 4.78 is 18.5. The zero-order chi connectivity index (χ0) is 13.4. The minimum Gasteiger partial charge on any atom is -0.494 e. The van der Waals surface area contributed by atoms with E-state index >= 15 is 0 Å². The Balaban J connectivity index is 2.10. The van der Waals surface area contributed by atoms with Gasteiger partial charge in [0.05, 0.1) is 12.8 Å². The number of fused-ring (bicyclic) bond motifs is 1. The number of ether oxygens (including phenoxy) is 1. The molecule has 1 aliphatic rings. The SMILES string of the molecule is COc1ccc(-c2nc3c(c(=O)[nH]2)CSC3)cc1F. The van der Waals surface area contributed by atoms with Crippen LogP contribution in [0.4, 0.5) is 4.39 Å². The Labute approximate surface area is 113 Å². The maximum absolute atomic E-state index is 13.7. The lowest BCUT2D eigenvalue weighted by Crippen LogP contribution is -2.15. The van der Waals surface area contributed by atoms with Gasteiger partial charge in [0.1, 0.15) is 5.82 Å². The van der Waals surface area contributed by atoms with Gasteiger partial charge < -0.3 is 9.72 Å². The standard InChI is InChI=1S/C13H11FN2O2S/c1-18-11-3-2-7(4-9(11)14)12-15-10-6-19-5-8(10)13(17)16-12/h2-4H,5-6H2,1H3,(H,15,16,17). The Morgan fingerprint density at radius 1 is 1.42 bits per heavy atom. The van der Waals surface area contributed by atoms with E-state index in [4.69, 9.17) is 4.74 Å². The summed E-state index contributed by atoms with van der Waals surface area (Å²) in [6, 6.07) is 4.51. The van der Waals surface area contributed by atoms with Gasteiger partial charge in [-0.3, -0.25) is 4.79 Å². The molecule has 98 valence electrons. The molecule has 0 saturated heterocycles. The van der Waals surface area contributed by atoms with Crippen LogP contribution in [0.1, 0.15) is 11.3 Å².